The molecule has 0 aliphatic carbocycles. The SMILES string of the molecule is O=C(CCc1nc(Cl)n[nH]1)N1CCCC(c2ncc[nH]2)C1. The van der Waals surface area contributed by atoms with Gasteiger partial charge in [0.05, 0.1) is 0 Å². The summed E-state index contributed by atoms with van der Waals surface area (Å²) in [7, 11) is 0. The summed E-state index contributed by atoms with van der Waals surface area (Å²) in [6.07, 6.45) is 6.59. The summed E-state index contributed by atoms with van der Waals surface area (Å²) >= 11 is 5.64. The van der Waals surface area contributed by atoms with Gasteiger partial charge in [0, 0.05) is 44.2 Å². The molecule has 0 aromatic carbocycles. The van der Waals surface area contributed by atoms with Crippen molar-refractivity contribution in [3.63, 3.8) is 0 Å². The Bertz CT molecular complexity index is 596. The fourth-order valence-electron chi connectivity index (χ4n) is 2.69. The monoisotopic (exact) mass is 308 g/mol. The van der Waals surface area contributed by atoms with Crippen molar-refractivity contribution in [2.45, 2.75) is 31.6 Å². The van der Waals surface area contributed by atoms with Crippen LogP contribution in [0.2, 0.25) is 5.28 Å². The van der Waals surface area contributed by atoms with Crippen molar-refractivity contribution in [1.82, 2.24) is 30.0 Å². The van der Waals surface area contributed by atoms with Crippen molar-refractivity contribution < 1.29 is 4.79 Å². The van der Waals surface area contributed by atoms with Crippen LogP contribution >= 0.6 is 11.6 Å². The number of carbonyl (C=O) groups is 1. The first-order valence-corrected chi connectivity index (χ1v) is 7.44. The van der Waals surface area contributed by atoms with Gasteiger partial charge in [0.15, 0.2) is 0 Å². The maximum atomic E-state index is 12.3. The lowest BCUT2D eigenvalue weighted by Gasteiger charge is -2.31. The quantitative estimate of drug-likeness (QED) is 0.896. The topological polar surface area (TPSA) is 90.6 Å². The average molecular weight is 309 g/mol. The van der Waals surface area contributed by atoms with Gasteiger partial charge in [-0.05, 0) is 24.4 Å². The highest BCUT2D eigenvalue weighted by Crippen LogP contribution is 2.24. The van der Waals surface area contributed by atoms with Crippen molar-refractivity contribution >= 4 is 17.5 Å². The Balaban J connectivity index is 1.54. The predicted octanol–water partition coefficient (Wildman–Crippen LogP) is 1.52. The van der Waals surface area contributed by atoms with Crippen molar-refractivity contribution in [2.24, 2.45) is 0 Å². The van der Waals surface area contributed by atoms with E-state index in [2.05, 4.69) is 25.1 Å². The summed E-state index contributed by atoms with van der Waals surface area (Å²) < 4.78 is 0. The highest BCUT2D eigenvalue weighted by molar-refractivity contribution is 6.28. The minimum atomic E-state index is 0.138. The Hall–Kier alpha value is -1.89. The van der Waals surface area contributed by atoms with Crippen LogP contribution in [0.3, 0.4) is 0 Å². The van der Waals surface area contributed by atoms with Gasteiger partial charge in [0.2, 0.25) is 11.2 Å². The van der Waals surface area contributed by atoms with E-state index in [-0.39, 0.29) is 11.2 Å². The summed E-state index contributed by atoms with van der Waals surface area (Å²) in [5, 5.41) is 6.65. The molecule has 21 heavy (non-hydrogen) atoms. The summed E-state index contributed by atoms with van der Waals surface area (Å²) in [6, 6.07) is 0. The van der Waals surface area contributed by atoms with E-state index >= 15 is 0 Å². The van der Waals surface area contributed by atoms with E-state index in [0.717, 1.165) is 31.8 Å². The molecule has 1 fully saturated rings. The van der Waals surface area contributed by atoms with Crippen LogP contribution in [-0.4, -0.2) is 49.0 Å². The molecule has 0 bridgehead atoms. The van der Waals surface area contributed by atoms with Crippen molar-refractivity contribution in [3.8, 4) is 0 Å². The Morgan fingerprint density at radius 1 is 1.52 bits per heavy atom. The third-order valence-electron chi connectivity index (χ3n) is 3.76. The lowest BCUT2D eigenvalue weighted by Crippen LogP contribution is -2.39. The van der Waals surface area contributed by atoms with Crippen LogP contribution in [-0.2, 0) is 11.2 Å². The highest BCUT2D eigenvalue weighted by Gasteiger charge is 2.25. The average Bonchev–Trinajstić information content (AvgIpc) is 3.16. The van der Waals surface area contributed by atoms with Crippen molar-refractivity contribution in [2.75, 3.05) is 13.1 Å². The molecule has 0 spiro atoms. The van der Waals surface area contributed by atoms with E-state index in [0.29, 0.717) is 24.6 Å². The van der Waals surface area contributed by atoms with Crippen LogP contribution in [0.25, 0.3) is 0 Å². The van der Waals surface area contributed by atoms with Gasteiger partial charge in [0.1, 0.15) is 11.6 Å². The van der Waals surface area contributed by atoms with E-state index in [1.165, 1.54) is 0 Å². The molecular weight excluding hydrogens is 292 g/mol. The summed E-state index contributed by atoms with van der Waals surface area (Å²) in [6.45, 7) is 1.54. The third kappa shape index (κ3) is 3.41. The van der Waals surface area contributed by atoms with Crippen LogP contribution < -0.4 is 0 Å². The number of aryl methyl sites for hydroxylation is 1. The number of amides is 1. The zero-order chi connectivity index (χ0) is 14.7. The van der Waals surface area contributed by atoms with Crippen LogP contribution in [0.4, 0.5) is 0 Å². The van der Waals surface area contributed by atoms with Gasteiger partial charge in [-0.1, -0.05) is 0 Å². The second-order valence-corrected chi connectivity index (χ2v) is 5.54. The molecule has 2 aromatic rings. The number of hydrogen-bond donors (Lipinski definition) is 2. The minimum Gasteiger partial charge on any atom is -0.348 e. The fraction of sp³-hybridized carbons (Fsp3) is 0.538. The first-order valence-electron chi connectivity index (χ1n) is 7.06. The zero-order valence-corrected chi connectivity index (χ0v) is 12.3. The number of nitrogens with zero attached hydrogens (tertiary/aromatic N) is 4. The molecule has 1 saturated heterocycles. The second kappa shape index (κ2) is 6.26. The largest absolute Gasteiger partial charge is 0.348 e. The van der Waals surface area contributed by atoms with Gasteiger partial charge in [-0.15, -0.1) is 5.10 Å². The molecule has 0 radical (unpaired) electrons. The van der Waals surface area contributed by atoms with Gasteiger partial charge < -0.3 is 9.88 Å². The van der Waals surface area contributed by atoms with Crippen LogP contribution in [0.5, 0.6) is 0 Å². The summed E-state index contributed by atoms with van der Waals surface area (Å²) in [4.78, 5) is 25.6. The van der Waals surface area contributed by atoms with E-state index in [9.17, 15) is 4.79 Å². The Morgan fingerprint density at radius 2 is 2.43 bits per heavy atom. The van der Waals surface area contributed by atoms with Gasteiger partial charge in [-0.2, -0.15) is 0 Å². The highest BCUT2D eigenvalue weighted by atomic mass is 35.5. The van der Waals surface area contributed by atoms with E-state index in [1.807, 2.05) is 11.1 Å². The molecule has 1 aliphatic rings. The number of likely N-dealkylation sites (tertiary alicyclic amines) is 1. The molecule has 7 nitrogen and oxygen atoms in total. The lowest BCUT2D eigenvalue weighted by molar-refractivity contribution is -0.132. The molecule has 3 rings (SSSR count). The number of aromatic nitrogens is 5. The lowest BCUT2D eigenvalue weighted by atomic mass is 9.97. The second-order valence-electron chi connectivity index (χ2n) is 5.20. The minimum absolute atomic E-state index is 0.138. The fourth-order valence-corrected chi connectivity index (χ4v) is 2.84. The van der Waals surface area contributed by atoms with Crippen molar-refractivity contribution in [3.05, 3.63) is 29.3 Å². The molecule has 2 N–H and O–H groups in total. The Kier molecular flexibility index (Phi) is 4.19. The van der Waals surface area contributed by atoms with Crippen LogP contribution in [0, 0.1) is 0 Å². The first kappa shape index (κ1) is 14.1. The maximum Gasteiger partial charge on any atom is 0.242 e. The van der Waals surface area contributed by atoms with Gasteiger partial charge in [-0.25, -0.2) is 9.97 Å². The molecule has 8 heteroatoms. The maximum absolute atomic E-state index is 12.3. The van der Waals surface area contributed by atoms with E-state index in [4.69, 9.17) is 11.6 Å². The molecule has 112 valence electrons. The molecule has 0 saturated carbocycles. The van der Waals surface area contributed by atoms with Crippen LogP contribution in [0.1, 0.15) is 36.8 Å². The number of H-pyrrole nitrogens is 2. The number of piperidine rings is 1. The van der Waals surface area contributed by atoms with E-state index in [1.54, 1.807) is 6.20 Å². The molecule has 2 aromatic heterocycles. The summed E-state index contributed by atoms with van der Waals surface area (Å²) in [5.74, 6) is 2.05. The standard InChI is InChI=1S/C13H17ClN6O/c14-13-17-10(18-19-13)3-4-11(21)20-7-1-2-9(8-20)12-15-5-6-16-12/h5-6,9H,1-4,7-8H2,(H,15,16)(H,17,18,19). The van der Waals surface area contributed by atoms with Gasteiger partial charge >= 0.3 is 0 Å². The van der Waals surface area contributed by atoms with Gasteiger partial charge in [-0.3, -0.25) is 9.89 Å². The number of halogens is 1. The smallest absolute Gasteiger partial charge is 0.242 e. The number of nitrogens with one attached hydrogen (secondary N) is 2. The number of imidazole rings is 1. The molecule has 1 atom stereocenters. The number of rotatable bonds is 4. The predicted molar refractivity (Wildman–Crippen MR) is 76.9 cm³/mol. The third-order valence-corrected chi connectivity index (χ3v) is 3.93. The zero-order valence-electron chi connectivity index (χ0n) is 11.5. The summed E-state index contributed by atoms with van der Waals surface area (Å²) in [5.41, 5.74) is 0. The number of aromatic amines is 2. The Labute approximate surface area is 127 Å². The molecule has 3 heterocycles. The number of hydrogen-bond acceptors (Lipinski definition) is 4. The van der Waals surface area contributed by atoms with Crippen molar-refractivity contribution in [1.29, 1.82) is 0 Å². The Morgan fingerprint density at radius 3 is 3.14 bits per heavy atom. The first-order chi connectivity index (χ1) is 10.2. The normalized spacial score (nSPS) is 18.9. The molecular formula is C13H17ClN6O. The molecule has 1 amide bonds. The van der Waals surface area contributed by atoms with Gasteiger partial charge in [0.25, 0.3) is 0 Å². The number of carbonyl (C=O) groups excluding carboxylic acids is 1. The molecule has 1 aliphatic heterocycles. The molecule has 1 unspecified atom stereocenters. The van der Waals surface area contributed by atoms with Crippen LogP contribution in [0.15, 0.2) is 12.4 Å². The van der Waals surface area contributed by atoms with E-state index < -0.39 is 0 Å².